The average molecular weight is 198 g/mol. The molecule has 0 amide bonds. The van der Waals surface area contributed by atoms with E-state index in [9.17, 15) is 0 Å². The van der Waals surface area contributed by atoms with Crippen LogP contribution in [0.5, 0.6) is 0 Å². The molecule has 1 aromatic heterocycles. The van der Waals surface area contributed by atoms with E-state index >= 15 is 0 Å². The molecule has 1 N–H and O–H groups in total. The lowest BCUT2D eigenvalue weighted by Gasteiger charge is -2.02. The van der Waals surface area contributed by atoms with Crippen LogP contribution in [0.4, 0.5) is 0 Å². The highest BCUT2D eigenvalue weighted by Gasteiger charge is 1.97. The molecule has 2 nitrogen and oxygen atoms in total. The first-order valence-corrected chi connectivity index (χ1v) is 5.05. The fourth-order valence-corrected chi connectivity index (χ4v) is 1.51. The van der Waals surface area contributed by atoms with Crippen molar-refractivity contribution in [2.45, 2.75) is 6.54 Å². The van der Waals surface area contributed by atoms with Gasteiger partial charge in [-0.15, -0.1) is 0 Å². The fraction of sp³-hybridized carbons (Fsp3) is 0.154. The van der Waals surface area contributed by atoms with Crippen LogP contribution in [0.25, 0.3) is 11.3 Å². The smallest absolute Gasteiger partial charge is 0.0702 e. The molecule has 1 aromatic carbocycles. The van der Waals surface area contributed by atoms with E-state index in [2.05, 4.69) is 34.6 Å². The topological polar surface area (TPSA) is 24.9 Å². The van der Waals surface area contributed by atoms with Crippen molar-refractivity contribution >= 4 is 0 Å². The molecule has 0 unspecified atom stereocenters. The number of nitrogens with one attached hydrogen (secondary N) is 1. The number of rotatable bonds is 3. The molecular formula is C13H14N2. The quantitative estimate of drug-likeness (QED) is 0.819. The van der Waals surface area contributed by atoms with Crippen LogP contribution in [0.3, 0.4) is 0 Å². The first-order valence-electron chi connectivity index (χ1n) is 5.05. The molecule has 0 aliphatic carbocycles. The standard InChI is InChI=1S/C13H14N2/c1-14-9-11-7-8-13(15-10-11)12-5-3-2-4-6-12/h2-8,10,14H,9H2,1H3. The first kappa shape index (κ1) is 9.87. The van der Waals surface area contributed by atoms with Crippen LogP contribution in [0.2, 0.25) is 0 Å². The zero-order chi connectivity index (χ0) is 10.5. The van der Waals surface area contributed by atoms with Gasteiger partial charge in [0.25, 0.3) is 0 Å². The summed E-state index contributed by atoms with van der Waals surface area (Å²) in [6.45, 7) is 0.863. The maximum absolute atomic E-state index is 4.43. The Labute approximate surface area is 90.0 Å². The Kier molecular flexibility index (Phi) is 3.10. The number of hydrogen-bond donors (Lipinski definition) is 1. The SMILES string of the molecule is CNCc1ccc(-c2ccccc2)nc1. The Hall–Kier alpha value is -1.67. The number of nitrogens with zero attached hydrogens (tertiary/aromatic N) is 1. The van der Waals surface area contributed by atoms with Gasteiger partial charge in [0.05, 0.1) is 5.69 Å². The molecule has 0 saturated heterocycles. The molecule has 0 spiro atoms. The summed E-state index contributed by atoms with van der Waals surface area (Å²) in [7, 11) is 1.94. The molecule has 0 bridgehead atoms. The minimum atomic E-state index is 0.863. The van der Waals surface area contributed by atoms with Gasteiger partial charge in [-0.05, 0) is 18.7 Å². The van der Waals surface area contributed by atoms with Crippen molar-refractivity contribution < 1.29 is 0 Å². The number of aromatic nitrogens is 1. The van der Waals surface area contributed by atoms with Crippen LogP contribution in [0.15, 0.2) is 48.7 Å². The third kappa shape index (κ3) is 2.42. The molecule has 0 fully saturated rings. The summed E-state index contributed by atoms with van der Waals surface area (Å²) in [5.74, 6) is 0. The zero-order valence-electron chi connectivity index (χ0n) is 8.77. The molecule has 1 heterocycles. The van der Waals surface area contributed by atoms with Crippen molar-refractivity contribution in [1.82, 2.24) is 10.3 Å². The minimum Gasteiger partial charge on any atom is -0.316 e. The highest BCUT2D eigenvalue weighted by molar-refractivity contribution is 5.58. The summed E-state index contributed by atoms with van der Waals surface area (Å²) in [6.07, 6.45) is 1.92. The predicted molar refractivity (Wildman–Crippen MR) is 62.4 cm³/mol. The van der Waals surface area contributed by atoms with Crippen molar-refractivity contribution in [2.75, 3.05) is 7.05 Å². The third-order valence-electron chi connectivity index (χ3n) is 2.28. The number of hydrogen-bond acceptors (Lipinski definition) is 2. The summed E-state index contributed by atoms with van der Waals surface area (Å²) in [5, 5.41) is 3.10. The van der Waals surface area contributed by atoms with Gasteiger partial charge in [-0.25, -0.2) is 0 Å². The van der Waals surface area contributed by atoms with Gasteiger partial charge in [0, 0.05) is 18.3 Å². The van der Waals surface area contributed by atoms with Crippen LogP contribution in [0.1, 0.15) is 5.56 Å². The van der Waals surface area contributed by atoms with Crippen LogP contribution in [-0.4, -0.2) is 12.0 Å². The largest absolute Gasteiger partial charge is 0.316 e. The van der Waals surface area contributed by atoms with Crippen molar-refractivity contribution in [3.05, 3.63) is 54.2 Å². The molecule has 0 radical (unpaired) electrons. The Balaban J connectivity index is 2.24. The van der Waals surface area contributed by atoms with Crippen molar-refractivity contribution in [3.63, 3.8) is 0 Å². The molecule has 2 rings (SSSR count). The number of pyridine rings is 1. The van der Waals surface area contributed by atoms with Gasteiger partial charge in [0.2, 0.25) is 0 Å². The summed E-state index contributed by atoms with van der Waals surface area (Å²) in [5.41, 5.74) is 3.39. The summed E-state index contributed by atoms with van der Waals surface area (Å²) >= 11 is 0. The number of benzene rings is 1. The maximum Gasteiger partial charge on any atom is 0.0702 e. The Morgan fingerprint density at radius 3 is 2.47 bits per heavy atom. The molecule has 0 aliphatic heterocycles. The molecule has 2 aromatic rings. The fourth-order valence-electron chi connectivity index (χ4n) is 1.51. The van der Waals surface area contributed by atoms with Gasteiger partial charge >= 0.3 is 0 Å². The first-order chi connectivity index (χ1) is 7.40. The average Bonchev–Trinajstić information content (AvgIpc) is 2.32. The third-order valence-corrected chi connectivity index (χ3v) is 2.28. The normalized spacial score (nSPS) is 10.2. The highest BCUT2D eigenvalue weighted by atomic mass is 14.8. The van der Waals surface area contributed by atoms with E-state index in [0.29, 0.717) is 0 Å². The molecule has 0 saturated carbocycles. The monoisotopic (exact) mass is 198 g/mol. The molecular weight excluding hydrogens is 184 g/mol. The molecule has 0 aliphatic rings. The van der Waals surface area contributed by atoms with E-state index < -0.39 is 0 Å². The second kappa shape index (κ2) is 4.71. The van der Waals surface area contributed by atoms with E-state index in [4.69, 9.17) is 0 Å². The zero-order valence-corrected chi connectivity index (χ0v) is 8.77. The van der Waals surface area contributed by atoms with E-state index in [1.54, 1.807) is 0 Å². The van der Waals surface area contributed by atoms with Gasteiger partial charge < -0.3 is 5.32 Å². The second-order valence-electron chi connectivity index (χ2n) is 3.45. The lowest BCUT2D eigenvalue weighted by Crippen LogP contribution is -2.05. The van der Waals surface area contributed by atoms with Crippen molar-refractivity contribution in [2.24, 2.45) is 0 Å². The second-order valence-corrected chi connectivity index (χ2v) is 3.45. The molecule has 15 heavy (non-hydrogen) atoms. The summed E-state index contributed by atoms with van der Waals surface area (Å²) in [6, 6.07) is 14.4. The van der Waals surface area contributed by atoms with E-state index in [0.717, 1.165) is 17.8 Å². The summed E-state index contributed by atoms with van der Waals surface area (Å²) in [4.78, 5) is 4.43. The van der Waals surface area contributed by atoms with Crippen LogP contribution < -0.4 is 5.32 Å². The minimum absolute atomic E-state index is 0.863. The Morgan fingerprint density at radius 1 is 1.07 bits per heavy atom. The van der Waals surface area contributed by atoms with Gasteiger partial charge in [-0.3, -0.25) is 4.98 Å². The highest BCUT2D eigenvalue weighted by Crippen LogP contribution is 2.15. The van der Waals surface area contributed by atoms with Gasteiger partial charge in [-0.1, -0.05) is 36.4 Å². The van der Waals surface area contributed by atoms with Crippen molar-refractivity contribution in [1.29, 1.82) is 0 Å². The lowest BCUT2D eigenvalue weighted by molar-refractivity contribution is 0.813. The molecule has 76 valence electrons. The van der Waals surface area contributed by atoms with E-state index in [-0.39, 0.29) is 0 Å². The van der Waals surface area contributed by atoms with E-state index in [1.807, 2.05) is 31.4 Å². The Bertz CT molecular complexity index is 406. The van der Waals surface area contributed by atoms with Crippen molar-refractivity contribution in [3.8, 4) is 11.3 Å². The van der Waals surface area contributed by atoms with Crippen LogP contribution in [-0.2, 0) is 6.54 Å². The van der Waals surface area contributed by atoms with Crippen LogP contribution in [0, 0.1) is 0 Å². The summed E-state index contributed by atoms with van der Waals surface area (Å²) < 4.78 is 0. The van der Waals surface area contributed by atoms with Gasteiger partial charge in [0.1, 0.15) is 0 Å². The maximum atomic E-state index is 4.43. The lowest BCUT2D eigenvalue weighted by atomic mass is 10.1. The van der Waals surface area contributed by atoms with Gasteiger partial charge in [-0.2, -0.15) is 0 Å². The predicted octanol–water partition coefficient (Wildman–Crippen LogP) is 2.47. The molecule has 2 heteroatoms. The Morgan fingerprint density at radius 2 is 1.87 bits per heavy atom. The van der Waals surface area contributed by atoms with Crippen LogP contribution >= 0.6 is 0 Å². The van der Waals surface area contributed by atoms with Gasteiger partial charge in [0.15, 0.2) is 0 Å². The van der Waals surface area contributed by atoms with E-state index in [1.165, 1.54) is 5.56 Å². The molecule has 0 atom stereocenters.